The van der Waals surface area contributed by atoms with Gasteiger partial charge in [-0.3, -0.25) is 24.3 Å². The summed E-state index contributed by atoms with van der Waals surface area (Å²) in [6.07, 6.45) is 6.05. The van der Waals surface area contributed by atoms with Crippen molar-refractivity contribution in [3.8, 4) is 0 Å². The second kappa shape index (κ2) is 9.40. The van der Waals surface area contributed by atoms with Crippen LogP contribution in [0.5, 0.6) is 0 Å². The van der Waals surface area contributed by atoms with Gasteiger partial charge in [0.1, 0.15) is 12.1 Å². The van der Waals surface area contributed by atoms with E-state index >= 15 is 0 Å². The normalized spacial score (nSPS) is 22.2. The minimum absolute atomic E-state index is 0.199. The summed E-state index contributed by atoms with van der Waals surface area (Å²) < 4.78 is 0. The van der Waals surface area contributed by atoms with Gasteiger partial charge in [-0.05, 0) is 61.4 Å². The summed E-state index contributed by atoms with van der Waals surface area (Å²) in [6, 6.07) is 9.82. The van der Waals surface area contributed by atoms with Crippen molar-refractivity contribution in [2.45, 2.75) is 44.7 Å². The first-order valence-electron chi connectivity index (χ1n) is 11.1. The molecule has 1 aliphatic heterocycles. The largest absolute Gasteiger partial charge is 0.350 e. The Kier molecular flexibility index (Phi) is 6.39. The van der Waals surface area contributed by atoms with E-state index in [1.54, 1.807) is 42.7 Å². The van der Waals surface area contributed by atoms with Gasteiger partial charge >= 0.3 is 6.03 Å². The van der Waals surface area contributed by atoms with Gasteiger partial charge in [-0.25, -0.2) is 4.79 Å². The van der Waals surface area contributed by atoms with Crippen LogP contribution in [0.2, 0.25) is 0 Å². The predicted octanol–water partition coefficient (Wildman–Crippen LogP) is 2.45. The zero-order valence-electron chi connectivity index (χ0n) is 18.5. The summed E-state index contributed by atoms with van der Waals surface area (Å²) in [5, 5.41) is 8.37. The first-order chi connectivity index (χ1) is 15.9. The Morgan fingerprint density at radius 3 is 2.61 bits per heavy atom. The number of pyridine rings is 1. The Morgan fingerprint density at radius 1 is 1.15 bits per heavy atom. The van der Waals surface area contributed by atoms with Crippen LogP contribution >= 0.6 is 0 Å². The van der Waals surface area contributed by atoms with Crippen molar-refractivity contribution in [1.82, 2.24) is 20.5 Å². The van der Waals surface area contributed by atoms with Crippen molar-refractivity contribution in [3.63, 3.8) is 0 Å². The van der Waals surface area contributed by atoms with E-state index in [9.17, 15) is 19.2 Å². The second-order valence-corrected chi connectivity index (χ2v) is 8.75. The van der Waals surface area contributed by atoms with E-state index in [0.717, 1.165) is 23.3 Å². The number of hydrogen-bond donors (Lipinski definition) is 3. The first kappa shape index (κ1) is 22.4. The number of hydrogen-bond acceptors (Lipinski definition) is 5. The number of amides is 5. The molecule has 2 heterocycles. The highest BCUT2D eigenvalue weighted by Gasteiger charge is 2.52. The van der Waals surface area contributed by atoms with Crippen molar-refractivity contribution >= 4 is 29.4 Å². The van der Waals surface area contributed by atoms with Gasteiger partial charge in [0.2, 0.25) is 5.91 Å². The van der Waals surface area contributed by atoms with Gasteiger partial charge in [0.15, 0.2) is 0 Å². The number of anilines is 1. The summed E-state index contributed by atoms with van der Waals surface area (Å²) in [6.45, 7) is 2.02. The fourth-order valence-corrected chi connectivity index (χ4v) is 4.28. The summed E-state index contributed by atoms with van der Waals surface area (Å²) in [4.78, 5) is 55.0. The third kappa shape index (κ3) is 5.02. The first-order valence-corrected chi connectivity index (χ1v) is 11.1. The number of carbonyl (C=O) groups excluding carboxylic acids is 4. The second-order valence-electron chi connectivity index (χ2n) is 8.75. The van der Waals surface area contributed by atoms with Gasteiger partial charge in [0, 0.05) is 30.2 Å². The van der Waals surface area contributed by atoms with Crippen LogP contribution < -0.4 is 16.0 Å². The van der Waals surface area contributed by atoms with Crippen molar-refractivity contribution in [1.29, 1.82) is 0 Å². The lowest BCUT2D eigenvalue weighted by Crippen LogP contribution is -2.49. The molecule has 1 spiro atoms. The number of urea groups is 1. The van der Waals surface area contributed by atoms with E-state index in [0.29, 0.717) is 30.0 Å². The molecular formula is C24H27N5O4. The minimum Gasteiger partial charge on any atom is -0.350 e. The van der Waals surface area contributed by atoms with Gasteiger partial charge in [-0.15, -0.1) is 0 Å². The topological polar surface area (TPSA) is 120 Å². The molecule has 2 aliphatic rings. The highest BCUT2D eigenvalue weighted by Crippen LogP contribution is 2.36. The lowest BCUT2D eigenvalue weighted by Gasteiger charge is -2.33. The number of rotatable bonds is 6. The van der Waals surface area contributed by atoms with Crippen molar-refractivity contribution in [2.75, 3.05) is 11.9 Å². The molecule has 1 aliphatic carbocycles. The smallest absolute Gasteiger partial charge is 0.325 e. The maximum Gasteiger partial charge on any atom is 0.325 e. The molecule has 0 bridgehead atoms. The third-order valence-electron chi connectivity index (χ3n) is 6.29. The van der Waals surface area contributed by atoms with Gasteiger partial charge in [0.05, 0.1) is 0 Å². The summed E-state index contributed by atoms with van der Waals surface area (Å²) in [5.74, 6) is -0.465. The molecule has 4 rings (SSSR count). The monoisotopic (exact) mass is 449 g/mol. The molecule has 0 radical (unpaired) electrons. The van der Waals surface area contributed by atoms with Crippen LogP contribution in [-0.2, 0) is 16.1 Å². The van der Waals surface area contributed by atoms with E-state index < -0.39 is 17.5 Å². The lowest BCUT2D eigenvalue weighted by molar-refractivity contribution is -0.136. The maximum atomic E-state index is 12.9. The van der Waals surface area contributed by atoms with Crippen LogP contribution in [-0.4, -0.2) is 45.7 Å². The average molecular weight is 450 g/mol. The van der Waals surface area contributed by atoms with Crippen molar-refractivity contribution in [2.24, 2.45) is 5.92 Å². The Morgan fingerprint density at radius 2 is 1.88 bits per heavy atom. The number of carbonyl (C=O) groups is 4. The quantitative estimate of drug-likeness (QED) is 0.585. The SMILES string of the molecule is CC1CCC2(CC1)NC(=O)N(CC(=O)NCc1cccc(NC(=O)c3ccncc3)c1)C2=O. The molecule has 1 aromatic carbocycles. The molecule has 1 saturated heterocycles. The molecule has 2 fully saturated rings. The van der Waals surface area contributed by atoms with E-state index in [1.165, 1.54) is 0 Å². The molecule has 1 aromatic heterocycles. The van der Waals surface area contributed by atoms with Crippen LogP contribution in [0.3, 0.4) is 0 Å². The molecule has 33 heavy (non-hydrogen) atoms. The number of benzene rings is 1. The Bertz CT molecular complexity index is 1060. The van der Waals surface area contributed by atoms with Gasteiger partial charge < -0.3 is 16.0 Å². The average Bonchev–Trinajstić information content (AvgIpc) is 3.04. The van der Waals surface area contributed by atoms with Crippen LogP contribution in [0.25, 0.3) is 0 Å². The minimum atomic E-state index is -0.856. The summed E-state index contributed by atoms with van der Waals surface area (Å²) in [7, 11) is 0. The fraction of sp³-hybridized carbons (Fsp3) is 0.375. The van der Waals surface area contributed by atoms with E-state index in [1.807, 2.05) is 6.07 Å². The van der Waals surface area contributed by atoms with Crippen molar-refractivity contribution in [3.05, 3.63) is 59.9 Å². The number of imide groups is 1. The molecule has 0 atom stereocenters. The maximum absolute atomic E-state index is 12.9. The zero-order chi connectivity index (χ0) is 23.4. The van der Waals surface area contributed by atoms with E-state index in [-0.39, 0.29) is 24.9 Å². The number of aromatic nitrogens is 1. The highest BCUT2D eigenvalue weighted by atomic mass is 16.2. The number of nitrogens with one attached hydrogen (secondary N) is 3. The van der Waals surface area contributed by atoms with Crippen LogP contribution in [0, 0.1) is 5.92 Å². The Balaban J connectivity index is 1.31. The Labute approximate surface area is 191 Å². The third-order valence-corrected chi connectivity index (χ3v) is 6.29. The molecule has 3 N–H and O–H groups in total. The fourth-order valence-electron chi connectivity index (χ4n) is 4.28. The lowest BCUT2D eigenvalue weighted by atomic mass is 9.77. The molecule has 9 heteroatoms. The molecule has 1 saturated carbocycles. The number of nitrogens with zero attached hydrogens (tertiary/aromatic N) is 2. The van der Waals surface area contributed by atoms with E-state index in [2.05, 4.69) is 27.9 Å². The van der Waals surface area contributed by atoms with Crippen molar-refractivity contribution < 1.29 is 19.2 Å². The molecular weight excluding hydrogens is 422 g/mol. The van der Waals surface area contributed by atoms with Gasteiger partial charge in [0.25, 0.3) is 11.8 Å². The summed E-state index contributed by atoms with van der Waals surface area (Å²) in [5.41, 5.74) is 0.991. The van der Waals surface area contributed by atoms with E-state index in [4.69, 9.17) is 0 Å². The zero-order valence-corrected chi connectivity index (χ0v) is 18.5. The van der Waals surface area contributed by atoms with Gasteiger partial charge in [-0.1, -0.05) is 19.1 Å². The molecule has 2 aromatic rings. The molecule has 5 amide bonds. The van der Waals surface area contributed by atoms with Crippen LogP contribution in [0.15, 0.2) is 48.8 Å². The highest BCUT2D eigenvalue weighted by molar-refractivity contribution is 6.09. The van der Waals surface area contributed by atoms with Gasteiger partial charge in [-0.2, -0.15) is 0 Å². The molecule has 172 valence electrons. The molecule has 0 unspecified atom stereocenters. The standard InChI is InChI=1S/C24H27N5O4/c1-16-5-9-24(10-6-16)22(32)29(23(33)28-24)15-20(30)26-14-17-3-2-4-19(13-17)27-21(31)18-7-11-25-12-8-18/h2-4,7-8,11-13,16H,5-6,9-10,14-15H2,1H3,(H,26,30)(H,27,31)(H,28,33). The molecule has 9 nitrogen and oxygen atoms in total. The van der Waals surface area contributed by atoms with Crippen LogP contribution in [0.4, 0.5) is 10.5 Å². The summed E-state index contributed by atoms with van der Waals surface area (Å²) >= 11 is 0. The Hall–Kier alpha value is -3.75. The van der Waals surface area contributed by atoms with Crippen LogP contribution in [0.1, 0.15) is 48.5 Å². The predicted molar refractivity (Wildman–Crippen MR) is 121 cm³/mol.